The fourth-order valence-electron chi connectivity index (χ4n) is 2.39. The average Bonchev–Trinajstić information content (AvgIpc) is 3.12. The zero-order valence-corrected chi connectivity index (χ0v) is 16.6. The van der Waals surface area contributed by atoms with Gasteiger partial charge in [-0.3, -0.25) is 5.41 Å². The number of urea groups is 1. The van der Waals surface area contributed by atoms with Gasteiger partial charge < -0.3 is 25.1 Å². The van der Waals surface area contributed by atoms with Crippen molar-refractivity contribution in [3.8, 4) is 0 Å². The number of aromatic nitrogens is 2. The van der Waals surface area contributed by atoms with E-state index in [1.807, 2.05) is 14.1 Å². The van der Waals surface area contributed by atoms with Gasteiger partial charge in [-0.05, 0) is 19.8 Å². The Balaban J connectivity index is 2.29. The zero-order valence-electron chi connectivity index (χ0n) is 16.6. The summed E-state index contributed by atoms with van der Waals surface area (Å²) in [5.41, 5.74) is 0. The quantitative estimate of drug-likeness (QED) is 0.263. The van der Waals surface area contributed by atoms with Crippen LogP contribution in [0.15, 0.2) is 12.4 Å². The van der Waals surface area contributed by atoms with Crippen LogP contribution in [0.5, 0.6) is 0 Å². The number of imidazole rings is 1. The lowest BCUT2D eigenvalue weighted by molar-refractivity contribution is 0.0854. The van der Waals surface area contributed by atoms with Crippen LogP contribution in [0.4, 0.5) is 13.6 Å². The maximum atomic E-state index is 12.4. The minimum Gasteiger partial charge on any atom is -0.473 e. The molecule has 0 fully saturated rings. The Hall–Kier alpha value is -2.43. The van der Waals surface area contributed by atoms with Crippen LogP contribution in [0.1, 0.15) is 32.0 Å². The van der Waals surface area contributed by atoms with Gasteiger partial charge in [-0.25, -0.2) is 23.2 Å². The van der Waals surface area contributed by atoms with E-state index in [0.717, 1.165) is 0 Å². The molecule has 0 saturated carbocycles. The number of ether oxygens (including phenoxy) is 2. The molecule has 1 aromatic heterocycles. The van der Waals surface area contributed by atoms with Crippen molar-refractivity contribution >= 4 is 11.9 Å². The molecule has 0 aromatic carbocycles. The Morgan fingerprint density at radius 1 is 1.29 bits per heavy atom. The van der Waals surface area contributed by atoms with E-state index in [-0.39, 0.29) is 44.6 Å². The highest BCUT2D eigenvalue weighted by Crippen LogP contribution is 2.09. The number of amides is 2. The van der Waals surface area contributed by atoms with Crippen molar-refractivity contribution in [1.29, 1.82) is 5.41 Å². The van der Waals surface area contributed by atoms with Gasteiger partial charge in [0.25, 0.3) is 5.90 Å². The van der Waals surface area contributed by atoms with Crippen molar-refractivity contribution in [3.05, 3.63) is 18.2 Å². The predicted molar refractivity (Wildman–Crippen MR) is 102 cm³/mol. The van der Waals surface area contributed by atoms with Crippen molar-refractivity contribution in [2.45, 2.75) is 38.7 Å². The fraction of sp³-hybridized carbons (Fsp3) is 0.706. The van der Waals surface area contributed by atoms with Crippen LogP contribution in [-0.4, -0.2) is 74.5 Å². The maximum Gasteiger partial charge on any atom is 0.314 e. The summed E-state index contributed by atoms with van der Waals surface area (Å²) in [5, 5.41) is 14.9. The number of hydrogen-bond donors (Lipinski definition) is 3. The highest BCUT2D eigenvalue weighted by atomic mass is 19.3. The molecule has 160 valence electrons. The van der Waals surface area contributed by atoms with E-state index < -0.39 is 12.5 Å². The van der Waals surface area contributed by atoms with Crippen molar-refractivity contribution < 1.29 is 23.0 Å². The Morgan fingerprint density at radius 3 is 2.68 bits per heavy atom. The highest BCUT2D eigenvalue weighted by Gasteiger charge is 2.15. The first kappa shape index (κ1) is 23.6. The van der Waals surface area contributed by atoms with Crippen molar-refractivity contribution in [2.75, 3.05) is 45.5 Å². The van der Waals surface area contributed by atoms with Gasteiger partial charge in [0.05, 0.1) is 6.61 Å². The number of hydrogen-bond acceptors (Lipinski definition) is 6. The Morgan fingerprint density at radius 2 is 2.04 bits per heavy atom. The van der Waals surface area contributed by atoms with Crippen LogP contribution in [0.25, 0.3) is 0 Å². The van der Waals surface area contributed by atoms with E-state index in [2.05, 4.69) is 15.6 Å². The summed E-state index contributed by atoms with van der Waals surface area (Å²) in [5.74, 6) is 0.304. The largest absolute Gasteiger partial charge is 0.473 e. The average molecular weight is 404 g/mol. The molecular formula is C17H30F2N6O3. The van der Waals surface area contributed by atoms with Crippen LogP contribution in [0.3, 0.4) is 0 Å². The molecule has 2 amide bonds. The first-order valence-electron chi connectivity index (χ1n) is 9.18. The smallest absolute Gasteiger partial charge is 0.314 e. The van der Waals surface area contributed by atoms with Crippen LogP contribution >= 0.6 is 0 Å². The number of nitrogens with one attached hydrogen (secondary N) is 3. The second kappa shape index (κ2) is 12.9. The Bertz CT molecular complexity index is 597. The number of alkyl halides is 2. The molecule has 3 N–H and O–H groups in total. The van der Waals surface area contributed by atoms with Crippen LogP contribution in [0, 0.1) is 5.41 Å². The van der Waals surface area contributed by atoms with E-state index in [0.29, 0.717) is 18.8 Å². The van der Waals surface area contributed by atoms with Gasteiger partial charge in [0.15, 0.2) is 0 Å². The van der Waals surface area contributed by atoms with Crippen LogP contribution in [0.2, 0.25) is 0 Å². The number of nitrogens with zero attached hydrogens (tertiary/aromatic N) is 3. The van der Waals surface area contributed by atoms with Gasteiger partial charge in [0, 0.05) is 52.1 Å². The SMILES string of the molecule is CCNC(=O)N[C@H](CCOCCOC(=N)c1nccn1N(C)C)CCC(F)F. The molecule has 0 aliphatic carbocycles. The second-order valence-corrected chi connectivity index (χ2v) is 6.19. The van der Waals surface area contributed by atoms with Crippen molar-refractivity contribution in [3.63, 3.8) is 0 Å². The van der Waals surface area contributed by atoms with Gasteiger partial charge in [0.2, 0.25) is 12.2 Å². The molecule has 0 unspecified atom stereocenters. The topological polar surface area (TPSA) is 104 Å². The lowest BCUT2D eigenvalue weighted by atomic mass is 10.1. The first-order chi connectivity index (χ1) is 13.3. The first-order valence-corrected chi connectivity index (χ1v) is 9.18. The van der Waals surface area contributed by atoms with Gasteiger partial charge in [-0.2, -0.15) is 0 Å². The summed E-state index contributed by atoms with van der Waals surface area (Å²) < 4.78 is 37.3. The molecule has 0 bridgehead atoms. The number of carbonyl (C=O) groups excluding carboxylic acids is 1. The van der Waals surface area contributed by atoms with Gasteiger partial charge in [-0.15, -0.1) is 0 Å². The lowest BCUT2D eigenvalue weighted by Gasteiger charge is -2.19. The predicted octanol–water partition coefficient (Wildman–Crippen LogP) is 1.56. The molecule has 1 heterocycles. The summed E-state index contributed by atoms with van der Waals surface area (Å²) >= 11 is 0. The minimum atomic E-state index is -2.41. The highest BCUT2D eigenvalue weighted by molar-refractivity contribution is 5.88. The number of halogens is 2. The summed E-state index contributed by atoms with van der Waals surface area (Å²) in [7, 11) is 3.64. The summed E-state index contributed by atoms with van der Waals surface area (Å²) in [6, 6.07) is -0.776. The molecule has 0 aliphatic heterocycles. The van der Waals surface area contributed by atoms with E-state index >= 15 is 0 Å². The molecule has 11 heteroatoms. The third-order valence-electron chi connectivity index (χ3n) is 3.75. The molecule has 0 aliphatic rings. The van der Waals surface area contributed by atoms with Crippen LogP contribution in [-0.2, 0) is 9.47 Å². The van der Waals surface area contributed by atoms with Crippen molar-refractivity contribution in [2.24, 2.45) is 0 Å². The third kappa shape index (κ3) is 8.98. The van der Waals surface area contributed by atoms with Gasteiger partial charge in [0.1, 0.15) is 6.61 Å². The van der Waals surface area contributed by atoms with Crippen molar-refractivity contribution in [1.82, 2.24) is 20.3 Å². The lowest BCUT2D eigenvalue weighted by Crippen LogP contribution is -2.42. The number of carbonyl (C=O) groups is 1. The van der Waals surface area contributed by atoms with E-state index in [9.17, 15) is 13.6 Å². The van der Waals surface area contributed by atoms with E-state index in [4.69, 9.17) is 14.9 Å². The summed E-state index contributed by atoms with van der Waals surface area (Å²) in [6.45, 7) is 2.90. The minimum absolute atomic E-state index is 0.0741. The Labute approximate surface area is 163 Å². The monoisotopic (exact) mass is 404 g/mol. The van der Waals surface area contributed by atoms with E-state index in [1.165, 1.54) is 0 Å². The van der Waals surface area contributed by atoms with Gasteiger partial charge >= 0.3 is 6.03 Å². The third-order valence-corrected chi connectivity index (χ3v) is 3.75. The number of rotatable bonds is 13. The molecule has 28 heavy (non-hydrogen) atoms. The normalized spacial score (nSPS) is 11.9. The Kier molecular flexibility index (Phi) is 10.8. The second-order valence-electron chi connectivity index (χ2n) is 6.19. The standard InChI is InChI=1S/C17H30F2N6O3/c1-4-21-17(26)23-13(5-6-14(18)19)7-10-27-11-12-28-15(20)16-22-8-9-25(16)24(2)3/h8-9,13-14,20H,4-7,10-12H2,1-3H3,(H2,21,23,26)/t13-/m0/s1. The van der Waals surface area contributed by atoms with Crippen LogP contribution < -0.4 is 15.6 Å². The maximum absolute atomic E-state index is 12.4. The summed E-state index contributed by atoms with van der Waals surface area (Å²) in [6.07, 6.45) is 1.18. The molecule has 0 saturated heterocycles. The molecule has 1 rings (SSSR count). The van der Waals surface area contributed by atoms with E-state index in [1.54, 1.807) is 29.0 Å². The molecule has 0 spiro atoms. The van der Waals surface area contributed by atoms with Gasteiger partial charge in [-0.1, -0.05) is 0 Å². The molecule has 1 aromatic rings. The molecule has 0 radical (unpaired) electrons. The fourth-order valence-corrected chi connectivity index (χ4v) is 2.39. The molecule has 1 atom stereocenters. The zero-order chi connectivity index (χ0) is 20.9. The molecular weight excluding hydrogens is 374 g/mol. The molecule has 9 nitrogen and oxygen atoms in total. The summed E-state index contributed by atoms with van der Waals surface area (Å²) in [4.78, 5) is 15.7.